The summed E-state index contributed by atoms with van der Waals surface area (Å²) < 4.78 is 0. The molecule has 0 bridgehead atoms. The molecule has 2 rings (SSSR count). The first-order chi connectivity index (χ1) is 9.13. The Morgan fingerprint density at radius 1 is 1.42 bits per heavy atom. The number of hydrogen-bond acceptors (Lipinski definition) is 2. The number of nitrogens with zero attached hydrogens (tertiary/aromatic N) is 1. The highest BCUT2D eigenvalue weighted by molar-refractivity contribution is 6.33. The van der Waals surface area contributed by atoms with E-state index in [1.54, 1.807) is 18.3 Å². The third-order valence-corrected chi connectivity index (χ3v) is 3.10. The Labute approximate surface area is 117 Å². The third-order valence-electron chi connectivity index (χ3n) is 2.80. The summed E-state index contributed by atoms with van der Waals surface area (Å²) >= 11 is 6.14. The van der Waals surface area contributed by atoms with Crippen LogP contribution in [-0.4, -0.2) is 17.4 Å². The molecule has 19 heavy (non-hydrogen) atoms. The Hall–Kier alpha value is -1.91. The van der Waals surface area contributed by atoms with Gasteiger partial charge >= 0.3 is 0 Å². The quantitative estimate of drug-likeness (QED) is 0.453. The number of quaternary nitrogens is 1. The summed E-state index contributed by atoms with van der Waals surface area (Å²) in [4.78, 5) is 4.27. The van der Waals surface area contributed by atoms with Gasteiger partial charge in [0, 0.05) is 17.8 Å². The van der Waals surface area contributed by atoms with Crippen LogP contribution in [0.4, 0.5) is 5.69 Å². The normalized spacial score (nSPS) is 10.4. The van der Waals surface area contributed by atoms with E-state index in [9.17, 15) is 0 Å². The van der Waals surface area contributed by atoms with Crippen molar-refractivity contribution in [2.24, 2.45) is 5.73 Å². The summed E-state index contributed by atoms with van der Waals surface area (Å²) in [5.41, 5.74) is 8.88. The van der Waals surface area contributed by atoms with E-state index in [2.05, 4.69) is 4.98 Å². The molecule has 1 aromatic heterocycles. The maximum absolute atomic E-state index is 7.67. The second-order valence-electron chi connectivity index (χ2n) is 4.16. The lowest BCUT2D eigenvalue weighted by atomic mass is 10.0. The molecule has 0 radical (unpaired) electrons. The second kappa shape index (κ2) is 5.82. The highest BCUT2D eigenvalue weighted by atomic mass is 35.5. The van der Waals surface area contributed by atoms with Crippen molar-refractivity contribution < 1.29 is 5.32 Å². The van der Waals surface area contributed by atoms with E-state index < -0.39 is 0 Å². The number of amidine groups is 1. The van der Waals surface area contributed by atoms with Crippen molar-refractivity contribution in [2.75, 3.05) is 6.54 Å². The SMILES string of the molecule is CC[NH2+]c1ccc(-c2ncccc2Cl)cc1C(=N)N. The fourth-order valence-electron chi connectivity index (χ4n) is 1.93. The summed E-state index contributed by atoms with van der Waals surface area (Å²) in [6.07, 6.45) is 1.70. The Balaban J connectivity index is 2.52. The topological polar surface area (TPSA) is 79.4 Å². The largest absolute Gasteiger partial charge is 0.383 e. The predicted molar refractivity (Wildman–Crippen MR) is 77.8 cm³/mol. The van der Waals surface area contributed by atoms with Crippen molar-refractivity contribution in [3.63, 3.8) is 0 Å². The molecule has 0 saturated heterocycles. The number of halogens is 1. The van der Waals surface area contributed by atoms with E-state index >= 15 is 0 Å². The zero-order chi connectivity index (χ0) is 13.8. The van der Waals surface area contributed by atoms with Gasteiger partial charge in [-0.15, -0.1) is 0 Å². The van der Waals surface area contributed by atoms with Gasteiger partial charge in [0.25, 0.3) is 0 Å². The molecule has 2 aromatic rings. The number of nitrogens with two attached hydrogens (primary N) is 2. The van der Waals surface area contributed by atoms with E-state index in [0.717, 1.165) is 17.8 Å². The van der Waals surface area contributed by atoms with Gasteiger partial charge in [0.05, 0.1) is 22.8 Å². The molecule has 5 N–H and O–H groups in total. The molecule has 0 fully saturated rings. The minimum absolute atomic E-state index is 0.0496. The molecule has 0 unspecified atom stereocenters. The number of nitrogens with one attached hydrogen (secondary N) is 1. The maximum atomic E-state index is 7.67. The van der Waals surface area contributed by atoms with Crippen molar-refractivity contribution in [2.45, 2.75) is 6.92 Å². The second-order valence-corrected chi connectivity index (χ2v) is 4.57. The molecule has 98 valence electrons. The van der Waals surface area contributed by atoms with Gasteiger partial charge in [-0.05, 0) is 31.2 Å². The molecule has 0 spiro atoms. The molecule has 0 aliphatic rings. The summed E-state index contributed by atoms with van der Waals surface area (Å²) in [6.45, 7) is 2.94. The lowest BCUT2D eigenvalue weighted by molar-refractivity contribution is -0.567. The molecule has 5 heteroatoms. The molecule has 0 amide bonds. The van der Waals surface area contributed by atoms with Gasteiger partial charge in [-0.2, -0.15) is 0 Å². The number of pyridine rings is 1. The van der Waals surface area contributed by atoms with Crippen LogP contribution in [0.15, 0.2) is 36.5 Å². The number of benzene rings is 1. The highest BCUT2D eigenvalue weighted by Crippen LogP contribution is 2.27. The van der Waals surface area contributed by atoms with Crippen molar-refractivity contribution >= 4 is 23.1 Å². The molecule has 0 atom stereocenters. The van der Waals surface area contributed by atoms with Gasteiger partial charge < -0.3 is 11.1 Å². The zero-order valence-corrected chi connectivity index (χ0v) is 11.4. The summed E-state index contributed by atoms with van der Waals surface area (Å²) in [5.74, 6) is 0.0496. The summed E-state index contributed by atoms with van der Waals surface area (Å²) in [5, 5.41) is 10.3. The fourth-order valence-corrected chi connectivity index (χ4v) is 2.16. The van der Waals surface area contributed by atoms with E-state index in [4.69, 9.17) is 22.7 Å². The Kier molecular flexibility index (Phi) is 4.14. The third kappa shape index (κ3) is 2.92. The highest BCUT2D eigenvalue weighted by Gasteiger charge is 2.12. The van der Waals surface area contributed by atoms with E-state index in [1.165, 1.54) is 0 Å². The maximum Gasteiger partial charge on any atom is 0.140 e. The number of hydrogen-bond donors (Lipinski definition) is 3. The molecule has 1 heterocycles. The first-order valence-electron chi connectivity index (χ1n) is 6.06. The molecular formula is C14H16ClN4+. The van der Waals surface area contributed by atoms with Crippen LogP contribution in [-0.2, 0) is 0 Å². The van der Waals surface area contributed by atoms with Gasteiger partial charge in [0.15, 0.2) is 0 Å². The summed E-state index contributed by atoms with van der Waals surface area (Å²) in [7, 11) is 0. The van der Waals surface area contributed by atoms with Crippen LogP contribution in [0.2, 0.25) is 5.02 Å². The molecule has 4 nitrogen and oxygen atoms in total. The monoisotopic (exact) mass is 275 g/mol. The molecule has 1 aromatic carbocycles. The smallest absolute Gasteiger partial charge is 0.140 e. The molecule has 0 aliphatic carbocycles. The van der Waals surface area contributed by atoms with Crippen LogP contribution in [0.1, 0.15) is 12.5 Å². The van der Waals surface area contributed by atoms with Crippen LogP contribution < -0.4 is 11.1 Å². The fraction of sp³-hybridized carbons (Fsp3) is 0.143. The predicted octanol–water partition coefficient (Wildman–Crippen LogP) is 1.90. The minimum atomic E-state index is 0.0496. The molecular weight excluding hydrogens is 260 g/mol. The lowest BCUT2D eigenvalue weighted by Gasteiger charge is -2.09. The average Bonchev–Trinajstić information content (AvgIpc) is 2.40. The van der Waals surface area contributed by atoms with E-state index in [0.29, 0.717) is 16.3 Å². The number of aromatic nitrogens is 1. The Bertz CT molecular complexity index is 610. The van der Waals surface area contributed by atoms with Gasteiger partial charge in [-0.1, -0.05) is 11.6 Å². The standard InChI is InChI=1S/C14H15ClN4/c1-2-18-12-6-5-9(8-10(12)14(16)17)13-11(15)4-3-7-19-13/h3-8,18H,2H2,1H3,(H3,16,17)/p+1. The van der Waals surface area contributed by atoms with Crippen LogP contribution in [0.3, 0.4) is 0 Å². The van der Waals surface area contributed by atoms with Crippen LogP contribution in [0.25, 0.3) is 11.3 Å². The van der Waals surface area contributed by atoms with Crippen LogP contribution in [0.5, 0.6) is 0 Å². The summed E-state index contributed by atoms with van der Waals surface area (Å²) in [6, 6.07) is 9.33. The van der Waals surface area contributed by atoms with Gasteiger partial charge in [-0.3, -0.25) is 10.4 Å². The minimum Gasteiger partial charge on any atom is -0.383 e. The van der Waals surface area contributed by atoms with Crippen molar-refractivity contribution in [1.29, 1.82) is 5.41 Å². The average molecular weight is 276 g/mol. The van der Waals surface area contributed by atoms with Crippen LogP contribution in [0, 0.1) is 5.41 Å². The first kappa shape index (κ1) is 13.5. The van der Waals surface area contributed by atoms with Gasteiger partial charge in [0.1, 0.15) is 11.5 Å². The van der Waals surface area contributed by atoms with E-state index in [1.807, 2.05) is 30.4 Å². The van der Waals surface area contributed by atoms with Crippen molar-refractivity contribution in [3.05, 3.63) is 47.1 Å². The Morgan fingerprint density at radius 3 is 2.84 bits per heavy atom. The van der Waals surface area contributed by atoms with Crippen molar-refractivity contribution in [3.8, 4) is 11.3 Å². The van der Waals surface area contributed by atoms with Crippen LogP contribution >= 0.6 is 11.6 Å². The molecule has 0 aliphatic heterocycles. The Morgan fingerprint density at radius 2 is 2.21 bits per heavy atom. The number of rotatable bonds is 4. The molecule has 0 saturated carbocycles. The van der Waals surface area contributed by atoms with Gasteiger partial charge in [-0.25, -0.2) is 0 Å². The first-order valence-corrected chi connectivity index (χ1v) is 6.43. The van der Waals surface area contributed by atoms with Gasteiger partial charge in [0.2, 0.25) is 0 Å². The van der Waals surface area contributed by atoms with E-state index in [-0.39, 0.29) is 5.84 Å². The zero-order valence-electron chi connectivity index (χ0n) is 10.7. The number of nitrogen functional groups attached to an aromatic ring is 1. The lowest BCUT2D eigenvalue weighted by Crippen LogP contribution is -2.77. The van der Waals surface area contributed by atoms with Crippen molar-refractivity contribution in [1.82, 2.24) is 4.98 Å².